The van der Waals surface area contributed by atoms with E-state index in [0.717, 1.165) is 24.5 Å². The van der Waals surface area contributed by atoms with Crippen molar-refractivity contribution in [1.82, 2.24) is 0 Å². The molecule has 42 valence electrons. The summed E-state index contributed by atoms with van der Waals surface area (Å²) >= 11 is 0. The fourth-order valence-electron chi connectivity index (χ4n) is 0.395. The molecule has 0 fully saturated rings. The number of hydrogen-bond donors (Lipinski definition) is 0. The van der Waals surface area contributed by atoms with Gasteiger partial charge in [0.25, 0.3) is 0 Å². The molecule has 3 heteroatoms. The SMILES string of the molecule is [O-][n+]1ccc(F)cc1. The summed E-state index contributed by atoms with van der Waals surface area (Å²) in [6, 6.07) is 2.21. The highest BCUT2D eigenvalue weighted by molar-refractivity contribution is 4.88. The molecular weight excluding hydrogens is 109 g/mol. The third kappa shape index (κ3) is 0.932. The largest absolute Gasteiger partial charge is 0.619 e. The first-order chi connectivity index (χ1) is 3.79. The Hall–Kier alpha value is -1.12. The van der Waals surface area contributed by atoms with Crippen LogP contribution in [0.4, 0.5) is 4.39 Å². The van der Waals surface area contributed by atoms with Crippen molar-refractivity contribution in [2.24, 2.45) is 0 Å². The normalized spacial score (nSPS) is 9.12. The van der Waals surface area contributed by atoms with Crippen molar-refractivity contribution >= 4 is 0 Å². The molecule has 0 amide bonds. The van der Waals surface area contributed by atoms with Gasteiger partial charge in [-0.05, 0) is 0 Å². The number of aromatic nitrogens is 1. The molecule has 0 aromatic carbocycles. The van der Waals surface area contributed by atoms with Crippen molar-refractivity contribution < 1.29 is 9.12 Å². The van der Waals surface area contributed by atoms with Crippen LogP contribution in [-0.2, 0) is 0 Å². The molecule has 2 nitrogen and oxygen atoms in total. The summed E-state index contributed by atoms with van der Waals surface area (Å²) in [5.74, 6) is -0.392. The van der Waals surface area contributed by atoms with Crippen LogP contribution in [0.15, 0.2) is 24.5 Å². The lowest BCUT2D eigenvalue weighted by Gasteiger charge is -1.90. The molecule has 0 unspecified atom stereocenters. The van der Waals surface area contributed by atoms with Crippen LogP contribution in [0.3, 0.4) is 0 Å². The molecular formula is C5H4FNO. The minimum atomic E-state index is -0.392. The van der Waals surface area contributed by atoms with Crippen molar-refractivity contribution in [2.75, 3.05) is 0 Å². The fourth-order valence-corrected chi connectivity index (χ4v) is 0.395. The van der Waals surface area contributed by atoms with Crippen LogP contribution in [0.1, 0.15) is 0 Å². The van der Waals surface area contributed by atoms with Gasteiger partial charge < -0.3 is 5.21 Å². The number of halogens is 1. The Kier molecular flexibility index (Phi) is 1.12. The Morgan fingerprint density at radius 1 is 1.38 bits per heavy atom. The maximum absolute atomic E-state index is 11.9. The van der Waals surface area contributed by atoms with E-state index in [-0.39, 0.29) is 0 Å². The van der Waals surface area contributed by atoms with E-state index in [9.17, 15) is 9.60 Å². The van der Waals surface area contributed by atoms with Crippen LogP contribution in [0, 0.1) is 11.0 Å². The monoisotopic (exact) mass is 113 g/mol. The summed E-state index contributed by atoms with van der Waals surface area (Å²) in [7, 11) is 0. The van der Waals surface area contributed by atoms with Crippen molar-refractivity contribution in [3.63, 3.8) is 0 Å². The molecule has 0 bridgehead atoms. The maximum atomic E-state index is 11.9. The van der Waals surface area contributed by atoms with Crippen molar-refractivity contribution in [3.05, 3.63) is 35.6 Å². The van der Waals surface area contributed by atoms with Gasteiger partial charge in [-0.1, -0.05) is 0 Å². The van der Waals surface area contributed by atoms with E-state index in [1.807, 2.05) is 0 Å². The Morgan fingerprint density at radius 3 is 2.25 bits per heavy atom. The van der Waals surface area contributed by atoms with E-state index in [2.05, 4.69) is 0 Å². The zero-order valence-electron chi connectivity index (χ0n) is 4.04. The van der Waals surface area contributed by atoms with Crippen LogP contribution in [0.2, 0.25) is 0 Å². The minimum Gasteiger partial charge on any atom is -0.619 e. The zero-order chi connectivity index (χ0) is 5.98. The topological polar surface area (TPSA) is 26.9 Å². The standard InChI is InChI=1S/C5H4FNO/c6-5-1-3-7(8)4-2-5/h1-4H. The number of pyridine rings is 1. The first-order valence-corrected chi connectivity index (χ1v) is 2.13. The molecule has 0 radical (unpaired) electrons. The Labute approximate surface area is 45.8 Å². The molecule has 0 aliphatic rings. The van der Waals surface area contributed by atoms with Gasteiger partial charge in [0.1, 0.15) is 5.82 Å². The summed E-state index contributed by atoms with van der Waals surface area (Å²) in [4.78, 5) is 0. The molecule has 0 spiro atoms. The predicted molar refractivity (Wildman–Crippen MR) is 25.4 cm³/mol. The molecule has 1 aromatic rings. The molecule has 0 aliphatic heterocycles. The fraction of sp³-hybridized carbons (Fsp3) is 0. The lowest BCUT2D eigenvalue weighted by molar-refractivity contribution is -0.605. The van der Waals surface area contributed by atoms with Crippen LogP contribution in [0.5, 0.6) is 0 Å². The van der Waals surface area contributed by atoms with Crippen LogP contribution in [0.25, 0.3) is 0 Å². The first-order valence-electron chi connectivity index (χ1n) is 2.13. The molecule has 0 atom stereocenters. The van der Waals surface area contributed by atoms with E-state index in [1.54, 1.807) is 0 Å². The van der Waals surface area contributed by atoms with E-state index < -0.39 is 5.82 Å². The van der Waals surface area contributed by atoms with Gasteiger partial charge in [-0.25, -0.2) is 4.39 Å². The van der Waals surface area contributed by atoms with Gasteiger partial charge in [-0.3, -0.25) is 0 Å². The van der Waals surface area contributed by atoms with Crippen LogP contribution in [-0.4, -0.2) is 0 Å². The van der Waals surface area contributed by atoms with Gasteiger partial charge in [0.05, 0.1) is 0 Å². The Balaban J connectivity index is 3.03. The zero-order valence-corrected chi connectivity index (χ0v) is 4.04. The second kappa shape index (κ2) is 1.78. The molecule has 1 aromatic heterocycles. The van der Waals surface area contributed by atoms with Crippen molar-refractivity contribution in [3.8, 4) is 0 Å². The molecule has 0 saturated heterocycles. The third-order valence-electron chi connectivity index (χ3n) is 0.761. The average Bonchev–Trinajstić information content (AvgIpc) is 1.77. The van der Waals surface area contributed by atoms with E-state index in [1.165, 1.54) is 0 Å². The van der Waals surface area contributed by atoms with E-state index >= 15 is 0 Å². The summed E-state index contributed by atoms with van der Waals surface area (Å²) < 4.78 is 12.5. The van der Waals surface area contributed by atoms with Gasteiger partial charge in [-0.15, -0.1) is 0 Å². The van der Waals surface area contributed by atoms with Gasteiger partial charge in [0.2, 0.25) is 0 Å². The minimum absolute atomic E-state index is 0.392. The van der Waals surface area contributed by atoms with E-state index in [0.29, 0.717) is 4.73 Å². The summed E-state index contributed by atoms with van der Waals surface area (Å²) in [5.41, 5.74) is 0. The Bertz CT molecular complexity index is 151. The Morgan fingerprint density at radius 2 is 1.88 bits per heavy atom. The lowest BCUT2D eigenvalue weighted by Crippen LogP contribution is -2.23. The van der Waals surface area contributed by atoms with Crippen molar-refractivity contribution in [1.29, 1.82) is 0 Å². The first kappa shape index (κ1) is 5.03. The van der Waals surface area contributed by atoms with Crippen molar-refractivity contribution in [2.45, 2.75) is 0 Å². The highest BCUT2D eigenvalue weighted by Gasteiger charge is 1.87. The van der Waals surface area contributed by atoms with Crippen LogP contribution < -0.4 is 4.73 Å². The summed E-state index contributed by atoms with van der Waals surface area (Å²) in [6.45, 7) is 0. The molecule has 8 heavy (non-hydrogen) atoms. The van der Waals surface area contributed by atoms with Gasteiger partial charge in [0, 0.05) is 12.1 Å². The highest BCUT2D eigenvalue weighted by atomic mass is 19.1. The molecule has 0 N–H and O–H groups in total. The second-order valence-electron chi connectivity index (χ2n) is 1.38. The molecule has 0 aliphatic carbocycles. The summed E-state index contributed by atoms with van der Waals surface area (Å²) in [5, 5.41) is 10.2. The van der Waals surface area contributed by atoms with E-state index in [4.69, 9.17) is 0 Å². The highest BCUT2D eigenvalue weighted by Crippen LogP contribution is 1.87. The predicted octanol–water partition coefficient (Wildman–Crippen LogP) is 0.459. The van der Waals surface area contributed by atoms with Gasteiger partial charge in [0.15, 0.2) is 12.4 Å². The lowest BCUT2D eigenvalue weighted by atomic mass is 10.5. The quantitative estimate of drug-likeness (QED) is 0.354. The third-order valence-corrected chi connectivity index (χ3v) is 0.761. The van der Waals surface area contributed by atoms with Crippen LogP contribution >= 0.6 is 0 Å². The molecule has 1 heterocycles. The average molecular weight is 113 g/mol. The molecule has 1 rings (SSSR count). The van der Waals surface area contributed by atoms with Gasteiger partial charge in [-0.2, -0.15) is 4.73 Å². The maximum Gasteiger partial charge on any atom is 0.183 e. The number of rotatable bonds is 0. The second-order valence-corrected chi connectivity index (χ2v) is 1.38. The number of nitrogens with zero attached hydrogens (tertiary/aromatic N) is 1. The summed E-state index contributed by atoms with van der Waals surface area (Å²) in [6.07, 6.45) is 2.21. The molecule has 0 saturated carbocycles. The smallest absolute Gasteiger partial charge is 0.183 e. The number of hydrogen-bond acceptors (Lipinski definition) is 1. The van der Waals surface area contributed by atoms with Gasteiger partial charge >= 0.3 is 0 Å².